The minimum absolute atomic E-state index is 0.268. The molecule has 3 aromatic carbocycles. The number of carbonyl (C=O) groups is 1. The van der Waals surface area contributed by atoms with E-state index in [-0.39, 0.29) is 5.91 Å². The SMILES string of the molecule is Cc1[nH]cnc1-c1ccc(NC(=C2C(=O)Nc3cc(F)ccc32)c2ccccc2)cc1. The molecule has 4 aromatic rings. The van der Waals surface area contributed by atoms with E-state index in [9.17, 15) is 9.18 Å². The van der Waals surface area contributed by atoms with Crippen LogP contribution >= 0.6 is 0 Å². The van der Waals surface area contributed by atoms with Gasteiger partial charge >= 0.3 is 0 Å². The molecule has 5 nitrogen and oxygen atoms in total. The van der Waals surface area contributed by atoms with Gasteiger partial charge in [-0.3, -0.25) is 4.79 Å². The quantitative estimate of drug-likeness (QED) is 0.392. The number of carbonyl (C=O) groups excluding carboxylic acids is 1. The van der Waals surface area contributed by atoms with Crippen LogP contribution in [0.25, 0.3) is 22.5 Å². The number of hydrogen-bond acceptors (Lipinski definition) is 3. The normalized spacial score (nSPS) is 14.2. The number of hydrogen-bond donors (Lipinski definition) is 3. The van der Waals surface area contributed by atoms with Crippen molar-refractivity contribution in [3.8, 4) is 11.3 Å². The van der Waals surface area contributed by atoms with E-state index in [1.54, 1.807) is 12.4 Å². The van der Waals surface area contributed by atoms with Gasteiger partial charge in [-0.05, 0) is 42.8 Å². The Morgan fingerprint density at radius 2 is 1.77 bits per heavy atom. The molecule has 0 atom stereocenters. The first-order valence-electron chi connectivity index (χ1n) is 9.88. The molecule has 0 unspecified atom stereocenters. The number of anilines is 2. The van der Waals surface area contributed by atoms with Gasteiger partial charge in [0.1, 0.15) is 5.82 Å². The van der Waals surface area contributed by atoms with E-state index in [1.165, 1.54) is 12.1 Å². The Bertz CT molecular complexity index is 1310. The summed E-state index contributed by atoms with van der Waals surface area (Å²) in [6, 6.07) is 21.8. The summed E-state index contributed by atoms with van der Waals surface area (Å²) < 4.78 is 13.7. The van der Waals surface area contributed by atoms with Crippen LogP contribution in [0.3, 0.4) is 0 Å². The van der Waals surface area contributed by atoms with E-state index in [2.05, 4.69) is 20.6 Å². The number of aromatic amines is 1. The Labute approximate surface area is 178 Å². The minimum Gasteiger partial charge on any atom is -0.354 e. The van der Waals surface area contributed by atoms with E-state index in [1.807, 2.05) is 61.5 Å². The third-order valence-corrected chi connectivity index (χ3v) is 5.30. The topological polar surface area (TPSA) is 69.8 Å². The molecule has 1 aliphatic heterocycles. The summed E-state index contributed by atoms with van der Waals surface area (Å²) in [4.78, 5) is 20.3. The first kappa shape index (κ1) is 18.8. The second-order valence-electron chi connectivity index (χ2n) is 7.34. The Morgan fingerprint density at radius 3 is 2.48 bits per heavy atom. The molecular formula is C25H19FN4O. The predicted octanol–water partition coefficient (Wildman–Crippen LogP) is 5.46. The molecule has 1 aliphatic rings. The number of nitrogens with zero attached hydrogens (tertiary/aromatic N) is 1. The van der Waals surface area contributed by atoms with Gasteiger partial charge in [-0.1, -0.05) is 42.5 Å². The predicted molar refractivity (Wildman–Crippen MR) is 121 cm³/mol. The van der Waals surface area contributed by atoms with Crippen molar-refractivity contribution in [2.24, 2.45) is 0 Å². The second-order valence-corrected chi connectivity index (χ2v) is 7.34. The molecule has 5 rings (SSSR count). The van der Waals surface area contributed by atoms with Gasteiger partial charge in [0.05, 0.1) is 29.0 Å². The van der Waals surface area contributed by atoms with Crippen molar-refractivity contribution < 1.29 is 9.18 Å². The molecule has 3 N–H and O–H groups in total. The standard InChI is InChI=1S/C25H19FN4O/c1-15-23(28-14-27-15)17-7-10-19(11-8-17)29-24(16-5-3-2-4-6-16)22-20-12-9-18(26)13-21(20)30-25(22)31/h2-14,29H,1H3,(H,27,28)(H,30,31). The van der Waals surface area contributed by atoms with Gasteiger partial charge in [-0.25, -0.2) is 9.37 Å². The molecule has 0 bridgehead atoms. The Balaban J connectivity index is 1.59. The van der Waals surface area contributed by atoms with Crippen LogP contribution in [0.1, 0.15) is 16.8 Å². The molecule has 1 aromatic heterocycles. The number of H-pyrrole nitrogens is 1. The molecular weight excluding hydrogens is 391 g/mol. The van der Waals surface area contributed by atoms with Crippen LogP contribution in [0.4, 0.5) is 15.8 Å². The van der Waals surface area contributed by atoms with Gasteiger partial charge in [-0.15, -0.1) is 0 Å². The lowest BCUT2D eigenvalue weighted by Crippen LogP contribution is -2.10. The van der Waals surface area contributed by atoms with E-state index in [0.717, 1.165) is 28.2 Å². The molecule has 1 amide bonds. The molecule has 0 saturated heterocycles. The summed E-state index contributed by atoms with van der Waals surface area (Å²) in [5.41, 5.74) is 6.86. The van der Waals surface area contributed by atoms with Crippen molar-refractivity contribution in [1.29, 1.82) is 0 Å². The van der Waals surface area contributed by atoms with Crippen LogP contribution in [0.15, 0.2) is 79.1 Å². The van der Waals surface area contributed by atoms with Gasteiger partial charge in [-0.2, -0.15) is 0 Å². The molecule has 2 heterocycles. The summed E-state index contributed by atoms with van der Waals surface area (Å²) in [6.07, 6.45) is 1.67. The fourth-order valence-corrected chi connectivity index (χ4v) is 3.78. The second kappa shape index (κ2) is 7.57. The van der Waals surface area contributed by atoms with Crippen LogP contribution in [-0.4, -0.2) is 15.9 Å². The van der Waals surface area contributed by atoms with Crippen molar-refractivity contribution >= 4 is 28.6 Å². The van der Waals surface area contributed by atoms with Crippen LogP contribution in [0.2, 0.25) is 0 Å². The highest BCUT2D eigenvalue weighted by Gasteiger charge is 2.28. The molecule has 0 radical (unpaired) electrons. The largest absolute Gasteiger partial charge is 0.354 e. The van der Waals surface area contributed by atoms with Gasteiger partial charge in [0.2, 0.25) is 0 Å². The fraction of sp³-hybridized carbons (Fsp3) is 0.0400. The monoisotopic (exact) mass is 410 g/mol. The number of aromatic nitrogens is 2. The zero-order valence-corrected chi connectivity index (χ0v) is 16.7. The third-order valence-electron chi connectivity index (χ3n) is 5.30. The maximum Gasteiger partial charge on any atom is 0.258 e. The van der Waals surface area contributed by atoms with Crippen molar-refractivity contribution in [1.82, 2.24) is 9.97 Å². The van der Waals surface area contributed by atoms with Crippen molar-refractivity contribution in [3.05, 3.63) is 102 Å². The van der Waals surface area contributed by atoms with Crippen LogP contribution < -0.4 is 10.6 Å². The number of nitrogens with one attached hydrogen (secondary N) is 3. The maximum atomic E-state index is 13.7. The van der Waals surface area contributed by atoms with Gasteiger partial charge in [0.25, 0.3) is 5.91 Å². The van der Waals surface area contributed by atoms with Crippen molar-refractivity contribution in [3.63, 3.8) is 0 Å². The minimum atomic E-state index is -0.390. The highest BCUT2D eigenvalue weighted by molar-refractivity contribution is 6.37. The van der Waals surface area contributed by atoms with Gasteiger partial charge in [0, 0.05) is 22.5 Å². The Kier molecular flexibility index (Phi) is 4.59. The van der Waals surface area contributed by atoms with Crippen LogP contribution in [-0.2, 0) is 4.79 Å². The first-order chi connectivity index (χ1) is 15.1. The van der Waals surface area contributed by atoms with Gasteiger partial charge < -0.3 is 15.6 Å². The summed E-state index contributed by atoms with van der Waals surface area (Å²) >= 11 is 0. The van der Waals surface area contributed by atoms with E-state index in [0.29, 0.717) is 22.5 Å². The van der Waals surface area contributed by atoms with Crippen LogP contribution in [0, 0.1) is 12.7 Å². The fourth-order valence-electron chi connectivity index (χ4n) is 3.78. The number of amides is 1. The lowest BCUT2D eigenvalue weighted by molar-refractivity contribution is -0.110. The summed E-state index contributed by atoms with van der Waals surface area (Å²) in [5.74, 6) is -0.658. The molecule has 6 heteroatoms. The molecule has 0 fully saturated rings. The van der Waals surface area contributed by atoms with Crippen LogP contribution in [0.5, 0.6) is 0 Å². The van der Waals surface area contributed by atoms with Crippen molar-refractivity contribution in [2.45, 2.75) is 6.92 Å². The average Bonchev–Trinajstić information content (AvgIpc) is 3.35. The maximum absolute atomic E-state index is 13.7. The number of aryl methyl sites for hydroxylation is 1. The lowest BCUT2D eigenvalue weighted by atomic mass is 10.00. The Hall–Kier alpha value is -4.19. The molecule has 0 saturated carbocycles. The highest BCUT2D eigenvalue weighted by Crippen LogP contribution is 2.38. The number of benzene rings is 3. The van der Waals surface area contributed by atoms with E-state index >= 15 is 0 Å². The zero-order valence-electron chi connectivity index (χ0n) is 16.7. The first-order valence-corrected chi connectivity index (χ1v) is 9.88. The summed E-state index contributed by atoms with van der Waals surface area (Å²) in [6.45, 7) is 1.98. The summed E-state index contributed by atoms with van der Waals surface area (Å²) in [5, 5.41) is 6.18. The highest BCUT2D eigenvalue weighted by atomic mass is 19.1. The number of fused-ring (bicyclic) bond motifs is 1. The molecule has 0 aliphatic carbocycles. The third kappa shape index (κ3) is 3.48. The van der Waals surface area contributed by atoms with E-state index in [4.69, 9.17) is 0 Å². The average molecular weight is 410 g/mol. The van der Waals surface area contributed by atoms with Crippen molar-refractivity contribution in [2.75, 3.05) is 10.6 Å². The lowest BCUT2D eigenvalue weighted by Gasteiger charge is -2.15. The Morgan fingerprint density at radius 1 is 1.00 bits per heavy atom. The number of rotatable bonds is 4. The van der Waals surface area contributed by atoms with Gasteiger partial charge in [0.15, 0.2) is 0 Å². The summed E-state index contributed by atoms with van der Waals surface area (Å²) in [7, 11) is 0. The van der Waals surface area contributed by atoms with E-state index < -0.39 is 5.82 Å². The molecule has 152 valence electrons. The number of halogens is 1. The smallest absolute Gasteiger partial charge is 0.258 e. The molecule has 31 heavy (non-hydrogen) atoms. The zero-order chi connectivity index (χ0) is 21.4. The molecule has 0 spiro atoms. The number of imidazole rings is 1.